The van der Waals surface area contributed by atoms with E-state index in [1.54, 1.807) is 12.1 Å². The van der Waals surface area contributed by atoms with Crippen LogP contribution in [-0.2, 0) is 6.54 Å². The number of rotatable bonds is 5. The fourth-order valence-electron chi connectivity index (χ4n) is 1.71. The van der Waals surface area contributed by atoms with E-state index in [9.17, 15) is 14.5 Å². The molecule has 0 aromatic heterocycles. The number of halogens is 1. The van der Waals surface area contributed by atoms with Crippen molar-refractivity contribution in [2.75, 3.05) is 7.05 Å². The molecule has 0 aliphatic rings. The molecule has 0 atom stereocenters. The zero-order valence-corrected chi connectivity index (χ0v) is 11.3. The van der Waals surface area contributed by atoms with Crippen LogP contribution in [0.3, 0.4) is 0 Å². The summed E-state index contributed by atoms with van der Waals surface area (Å²) in [5.41, 5.74) is 0.671. The minimum absolute atomic E-state index is 0.225. The Kier molecular flexibility index (Phi) is 4.55. The van der Waals surface area contributed by atoms with Crippen LogP contribution in [0.1, 0.15) is 5.56 Å². The molecule has 108 valence electrons. The van der Waals surface area contributed by atoms with Crippen molar-refractivity contribution in [1.29, 1.82) is 0 Å². The molecule has 0 bridgehead atoms. The molecule has 0 radical (unpaired) electrons. The van der Waals surface area contributed by atoms with Gasteiger partial charge in [0.15, 0.2) is 0 Å². The molecule has 7 heteroatoms. The quantitative estimate of drug-likeness (QED) is 0.476. The number of benzene rings is 2. The molecular weight excluding hydrogens is 275 g/mol. The molecule has 0 saturated heterocycles. The van der Waals surface area contributed by atoms with Crippen molar-refractivity contribution >= 4 is 11.4 Å². The topological polar surface area (TPSA) is 71.1 Å². The Morgan fingerprint density at radius 1 is 1.24 bits per heavy atom. The van der Waals surface area contributed by atoms with Gasteiger partial charge in [-0.3, -0.25) is 15.1 Å². The summed E-state index contributed by atoms with van der Waals surface area (Å²) >= 11 is 0. The average molecular weight is 288 g/mol. The summed E-state index contributed by atoms with van der Waals surface area (Å²) in [6.45, 7) is 0.549. The highest BCUT2D eigenvalue weighted by molar-refractivity contribution is 5.47. The molecule has 0 aliphatic carbocycles. The van der Waals surface area contributed by atoms with Gasteiger partial charge in [0.2, 0.25) is 5.82 Å². The van der Waals surface area contributed by atoms with Gasteiger partial charge in [-0.25, -0.2) is 0 Å². The summed E-state index contributed by atoms with van der Waals surface area (Å²) in [6.07, 6.45) is 0. The highest BCUT2D eigenvalue weighted by atomic mass is 19.1. The zero-order chi connectivity index (χ0) is 15.2. The minimum Gasteiger partial charge on any atom is -0.277 e. The van der Waals surface area contributed by atoms with Gasteiger partial charge >= 0.3 is 5.69 Å². The number of nitro benzene ring substituents is 1. The predicted molar refractivity (Wildman–Crippen MR) is 75.5 cm³/mol. The first-order chi connectivity index (χ1) is 10.1. The molecule has 21 heavy (non-hydrogen) atoms. The third-order valence-corrected chi connectivity index (χ3v) is 2.69. The van der Waals surface area contributed by atoms with Crippen molar-refractivity contribution in [3.63, 3.8) is 0 Å². The lowest BCUT2D eigenvalue weighted by Gasteiger charge is -2.10. The van der Waals surface area contributed by atoms with E-state index < -0.39 is 16.4 Å². The van der Waals surface area contributed by atoms with E-state index in [4.69, 9.17) is 0 Å². The zero-order valence-electron chi connectivity index (χ0n) is 11.3. The van der Waals surface area contributed by atoms with Gasteiger partial charge in [-0.05, 0) is 17.7 Å². The first-order valence-corrected chi connectivity index (χ1v) is 6.17. The molecule has 0 N–H and O–H groups in total. The summed E-state index contributed by atoms with van der Waals surface area (Å²) in [5, 5.41) is 20.0. The molecule has 6 nitrogen and oxygen atoms in total. The van der Waals surface area contributed by atoms with Crippen LogP contribution in [-0.4, -0.2) is 17.0 Å². The Balaban J connectivity index is 2.07. The van der Waals surface area contributed by atoms with Crippen LogP contribution in [0.2, 0.25) is 0 Å². The molecule has 0 unspecified atom stereocenters. The van der Waals surface area contributed by atoms with Crippen molar-refractivity contribution in [2.45, 2.75) is 6.54 Å². The Labute approximate surface area is 120 Å². The molecule has 0 fully saturated rings. The number of hydrogen-bond donors (Lipinski definition) is 0. The minimum atomic E-state index is -0.892. The second-order valence-corrected chi connectivity index (χ2v) is 4.38. The van der Waals surface area contributed by atoms with Gasteiger partial charge in [0.25, 0.3) is 0 Å². The summed E-state index contributed by atoms with van der Waals surface area (Å²) in [6, 6.07) is 13.1. The highest BCUT2D eigenvalue weighted by Crippen LogP contribution is 2.23. The van der Waals surface area contributed by atoms with Gasteiger partial charge < -0.3 is 0 Å². The molecule has 0 aliphatic heterocycles. The maximum Gasteiger partial charge on any atom is 0.307 e. The molecule has 2 aromatic rings. The summed E-state index contributed by atoms with van der Waals surface area (Å²) in [4.78, 5) is 9.85. The van der Waals surface area contributed by atoms with Gasteiger partial charge in [0, 0.05) is 13.1 Å². The normalized spacial score (nSPS) is 10.8. The van der Waals surface area contributed by atoms with Gasteiger partial charge in [-0.15, -0.1) is 5.11 Å². The average Bonchev–Trinajstić information content (AvgIpc) is 2.47. The lowest BCUT2D eigenvalue weighted by atomic mass is 10.2. The van der Waals surface area contributed by atoms with E-state index >= 15 is 0 Å². The largest absolute Gasteiger partial charge is 0.307 e. The number of nitro groups is 1. The summed E-state index contributed by atoms with van der Waals surface area (Å²) < 4.78 is 13.2. The standard InChI is InChI=1S/C14H13FN4O2/c1-18(10-11-5-3-2-4-6-11)17-16-12-7-8-13(15)14(9-12)19(20)21/h2-9H,10H2,1H3. The van der Waals surface area contributed by atoms with Gasteiger partial charge in [-0.1, -0.05) is 35.6 Å². The molecule has 0 amide bonds. The third kappa shape index (κ3) is 4.07. The summed E-state index contributed by atoms with van der Waals surface area (Å²) in [7, 11) is 1.73. The van der Waals surface area contributed by atoms with Crippen LogP contribution in [0.4, 0.5) is 15.8 Å². The smallest absolute Gasteiger partial charge is 0.277 e. The number of nitrogens with zero attached hydrogens (tertiary/aromatic N) is 4. The number of hydrogen-bond acceptors (Lipinski definition) is 4. The van der Waals surface area contributed by atoms with Crippen molar-refractivity contribution < 1.29 is 9.31 Å². The van der Waals surface area contributed by atoms with Gasteiger partial charge in [0.1, 0.15) is 0 Å². The summed E-state index contributed by atoms with van der Waals surface area (Å²) in [5.74, 6) is -0.892. The van der Waals surface area contributed by atoms with Crippen LogP contribution < -0.4 is 0 Å². The first-order valence-electron chi connectivity index (χ1n) is 6.17. The van der Waals surface area contributed by atoms with Crippen LogP contribution >= 0.6 is 0 Å². The lowest BCUT2D eigenvalue weighted by Crippen LogP contribution is -2.09. The van der Waals surface area contributed by atoms with E-state index in [0.717, 1.165) is 17.7 Å². The van der Waals surface area contributed by atoms with Crippen LogP contribution in [0.5, 0.6) is 0 Å². The van der Waals surface area contributed by atoms with E-state index in [1.807, 2.05) is 30.3 Å². The van der Waals surface area contributed by atoms with Crippen LogP contribution in [0, 0.1) is 15.9 Å². The Hall–Kier alpha value is -2.83. The molecule has 0 saturated carbocycles. The van der Waals surface area contributed by atoms with E-state index in [0.29, 0.717) is 6.54 Å². The lowest BCUT2D eigenvalue weighted by molar-refractivity contribution is -0.387. The van der Waals surface area contributed by atoms with Gasteiger partial charge in [-0.2, -0.15) is 4.39 Å². The highest BCUT2D eigenvalue weighted by Gasteiger charge is 2.14. The van der Waals surface area contributed by atoms with Crippen LogP contribution in [0.25, 0.3) is 0 Å². The molecule has 0 spiro atoms. The van der Waals surface area contributed by atoms with E-state index in [1.165, 1.54) is 6.07 Å². The first kappa shape index (κ1) is 14.6. The van der Waals surface area contributed by atoms with Crippen molar-refractivity contribution in [3.05, 3.63) is 70.0 Å². The Morgan fingerprint density at radius 3 is 2.62 bits per heavy atom. The maximum absolute atomic E-state index is 13.2. The Bertz CT molecular complexity index is 661. The second-order valence-electron chi connectivity index (χ2n) is 4.38. The van der Waals surface area contributed by atoms with Crippen molar-refractivity contribution in [3.8, 4) is 0 Å². The maximum atomic E-state index is 13.2. The van der Waals surface area contributed by atoms with Crippen LogP contribution in [0.15, 0.2) is 58.9 Å². The van der Waals surface area contributed by atoms with Gasteiger partial charge in [0.05, 0.1) is 17.2 Å². The molecule has 0 heterocycles. The van der Waals surface area contributed by atoms with Crippen molar-refractivity contribution in [2.24, 2.45) is 10.3 Å². The monoisotopic (exact) mass is 288 g/mol. The van der Waals surface area contributed by atoms with Crippen molar-refractivity contribution in [1.82, 2.24) is 5.01 Å². The predicted octanol–water partition coefficient (Wildman–Crippen LogP) is 3.86. The molecule has 2 rings (SSSR count). The third-order valence-electron chi connectivity index (χ3n) is 2.69. The van der Waals surface area contributed by atoms with E-state index in [2.05, 4.69) is 10.3 Å². The van der Waals surface area contributed by atoms with E-state index in [-0.39, 0.29) is 5.69 Å². The molecule has 2 aromatic carbocycles. The Morgan fingerprint density at radius 2 is 1.95 bits per heavy atom. The second kappa shape index (κ2) is 6.56. The fourth-order valence-corrected chi connectivity index (χ4v) is 1.71. The fraction of sp³-hybridized carbons (Fsp3) is 0.143. The molecular formula is C14H13FN4O2. The SMILES string of the molecule is CN(Cc1ccccc1)N=Nc1ccc(F)c([N+](=O)[O-])c1.